The highest BCUT2D eigenvalue weighted by atomic mass is 35.5. The number of fused-ring (bicyclic) bond motifs is 1. The largest absolute Gasteiger partial charge is 0.351 e. The summed E-state index contributed by atoms with van der Waals surface area (Å²) >= 11 is 6.14. The normalized spacial score (nSPS) is 17.9. The first-order chi connectivity index (χ1) is 19.1. The van der Waals surface area contributed by atoms with Crippen molar-refractivity contribution >= 4 is 38.4 Å². The maximum atomic E-state index is 13.0. The summed E-state index contributed by atoms with van der Waals surface area (Å²) in [6.07, 6.45) is 7.11. The van der Waals surface area contributed by atoms with Crippen molar-refractivity contribution in [2.45, 2.75) is 68.7 Å². The monoisotopic (exact) mass is 578 g/mol. The molecule has 3 aromatic heterocycles. The maximum Gasteiger partial charge on any atom is 0.223 e. The minimum atomic E-state index is -3.63. The molecule has 0 atom stereocenters. The van der Waals surface area contributed by atoms with E-state index >= 15 is 0 Å². The van der Waals surface area contributed by atoms with Gasteiger partial charge in [0.15, 0.2) is 9.84 Å². The number of sulfone groups is 1. The van der Waals surface area contributed by atoms with Crippen LogP contribution in [-0.2, 0) is 22.0 Å². The SMILES string of the molecule is CCc1cc(-c2ccc(CS(=O)(=O)c3ccccc3Cl)nc2C)nc2cnc(NC3CCC(N(C)C)CC3)nc12. The number of benzene rings is 1. The van der Waals surface area contributed by atoms with Gasteiger partial charge in [0, 0.05) is 23.3 Å². The molecular weight excluding hydrogens is 544 g/mol. The summed E-state index contributed by atoms with van der Waals surface area (Å²) < 4.78 is 25.9. The molecule has 8 nitrogen and oxygen atoms in total. The van der Waals surface area contributed by atoms with Crippen molar-refractivity contribution in [3.63, 3.8) is 0 Å². The predicted octanol–water partition coefficient (Wildman–Crippen LogP) is 5.87. The van der Waals surface area contributed by atoms with Crippen LogP contribution in [0.25, 0.3) is 22.3 Å². The lowest BCUT2D eigenvalue weighted by Gasteiger charge is -2.32. The van der Waals surface area contributed by atoms with E-state index in [1.165, 1.54) is 18.9 Å². The molecule has 0 amide bonds. The first kappa shape index (κ1) is 28.4. The Kier molecular flexibility index (Phi) is 8.35. The third-order valence-electron chi connectivity index (χ3n) is 7.70. The Hall–Kier alpha value is -3.14. The average Bonchev–Trinajstić information content (AvgIpc) is 2.93. The molecule has 40 heavy (non-hydrogen) atoms. The van der Waals surface area contributed by atoms with Gasteiger partial charge in [-0.1, -0.05) is 30.7 Å². The molecule has 210 valence electrons. The van der Waals surface area contributed by atoms with Gasteiger partial charge in [0.2, 0.25) is 5.95 Å². The number of hydrogen-bond acceptors (Lipinski definition) is 8. The van der Waals surface area contributed by atoms with Crippen LogP contribution in [0.3, 0.4) is 0 Å². The van der Waals surface area contributed by atoms with E-state index in [1.807, 2.05) is 19.1 Å². The number of hydrogen-bond donors (Lipinski definition) is 1. The highest BCUT2D eigenvalue weighted by Crippen LogP contribution is 2.29. The van der Waals surface area contributed by atoms with Crippen molar-refractivity contribution < 1.29 is 8.42 Å². The Labute approximate surface area is 241 Å². The molecule has 1 aromatic carbocycles. The van der Waals surface area contributed by atoms with Crippen LogP contribution in [0.15, 0.2) is 53.6 Å². The molecule has 5 rings (SSSR count). The summed E-state index contributed by atoms with van der Waals surface area (Å²) in [6, 6.07) is 13.1. The smallest absolute Gasteiger partial charge is 0.223 e. The lowest BCUT2D eigenvalue weighted by Crippen LogP contribution is -2.36. The molecule has 1 aliphatic carbocycles. The van der Waals surface area contributed by atoms with Crippen molar-refractivity contribution in [2.24, 2.45) is 0 Å². The predicted molar refractivity (Wildman–Crippen MR) is 160 cm³/mol. The minimum Gasteiger partial charge on any atom is -0.351 e. The summed E-state index contributed by atoms with van der Waals surface area (Å²) in [4.78, 5) is 21.3. The number of aryl methyl sites for hydroxylation is 2. The minimum absolute atomic E-state index is 0.110. The second-order valence-corrected chi connectivity index (χ2v) is 13.1. The van der Waals surface area contributed by atoms with E-state index in [4.69, 9.17) is 21.6 Å². The zero-order valence-corrected chi connectivity index (χ0v) is 24.9. The number of anilines is 1. The Morgan fingerprint density at radius 1 is 1.02 bits per heavy atom. The molecular formula is C30H35ClN6O2S. The number of aromatic nitrogens is 4. The van der Waals surface area contributed by atoms with Gasteiger partial charge in [0.1, 0.15) is 5.52 Å². The number of nitrogens with zero attached hydrogens (tertiary/aromatic N) is 5. The van der Waals surface area contributed by atoms with Gasteiger partial charge in [-0.3, -0.25) is 4.98 Å². The summed E-state index contributed by atoms with van der Waals surface area (Å²) in [5.41, 5.74) is 5.41. The zero-order valence-electron chi connectivity index (χ0n) is 23.4. The van der Waals surface area contributed by atoms with Gasteiger partial charge >= 0.3 is 0 Å². The fourth-order valence-corrected chi connectivity index (χ4v) is 7.26. The number of nitrogens with one attached hydrogen (secondary N) is 1. The Bertz CT molecular complexity index is 1640. The Morgan fingerprint density at radius 3 is 2.45 bits per heavy atom. The van der Waals surface area contributed by atoms with Crippen LogP contribution in [0.5, 0.6) is 0 Å². The molecule has 0 unspecified atom stereocenters. The van der Waals surface area contributed by atoms with Gasteiger partial charge in [0.05, 0.1) is 38.8 Å². The molecule has 1 saturated carbocycles. The molecule has 1 aliphatic rings. The van der Waals surface area contributed by atoms with E-state index in [0.717, 1.165) is 47.1 Å². The second-order valence-electron chi connectivity index (χ2n) is 10.7. The summed E-state index contributed by atoms with van der Waals surface area (Å²) in [5, 5.41) is 3.75. The summed E-state index contributed by atoms with van der Waals surface area (Å²) in [5.74, 6) is 0.413. The molecule has 0 bridgehead atoms. The topological polar surface area (TPSA) is 101 Å². The fourth-order valence-electron chi connectivity index (χ4n) is 5.42. The molecule has 0 spiro atoms. The lowest BCUT2D eigenvalue weighted by molar-refractivity contribution is 0.221. The van der Waals surface area contributed by atoms with Gasteiger partial charge in [-0.15, -0.1) is 0 Å². The number of pyridine rings is 2. The molecule has 4 aromatic rings. The highest BCUT2D eigenvalue weighted by molar-refractivity contribution is 7.90. The van der Waals surface area contributed by atoms with Crippen LogP contribution < -0.4 is 5.32 Å². The Morgan fingerprint density at radius 2 is 1.77 bits per heavy atom. The molecule has 0 saturated heterocycles. The van der Waals surface area contributed by atoms with Crippen molar-refractivity contribution in [3.8, 4) is 11.3 Å². The van der Waals surface area contributed by atoms with Crippen molar-refractivity contribution in [3.05, 3.63) is 70.6 Å². The van der Waals surface area contributed by atoms with Crippen LogP contribution in [0.4, 0.5) is 5.95 Å². The van der Waals surface area contributed by atoms with Gasteiger partial charge in [-0.05, 0) is 89.0 Å². The van der Waals surface area contributed by atoms with Crippen LogP contribution in [0, 0.1) is 6.92 Å². The molecule has 0 aliphatic heterocycles. The standard InChI is InChI=1S/C30H35ClN6O2S/c1-5-20-16-26(24-15-12-22(33-19(24)2)18-40(38,39)28-9-7-6-8-25(28)31)35-27-17-32-30(36-29(20)27)34-21-10-13-23(14-11-21)37(3)4/h6-9,12,15-17,21,23H,5,10-11,13-14,18H2,1-4H3,(H,32,34,36). The first-order valence-corrected chi connectivity index (χ1v) is 15.7. The van der Waals surface area contributed by atoms with E-state index in [2.05, 4.69) is 41.2 Å². The highest BCUT2D eigenvalue weighted by Gasteiger charge is 2.23. The maximum absolute atomic E-state index is 13.0. The van der Waals surface area contributed by atoms with Crippen LogP contribution in [0.1, 0.15) is 49.6 Å². The van der Waals surface area contributed by atoms with E-state index in [0.29, 0.717) is 29.4 Å². The van der Waals surface area contributed by atoms with E-state index in [-0.39, 0.29) is 15.7 Å². The van der Waals surface area contributed by atoms with E-state index < -0.39 is 9.84 Å². The third-order valence-corrected chi connectivity index (χ3v) is 9.84. The molecule has 10 heteroatoms. The van der Waals surface area contributed by atoms with Gasteiger partial charge in [-0.2, -0.15) is 0 Å². The number of rotatable bonds is 8. The van der Waals surface area contributed by atoms with Gasteiger partial charge in [0.25, 0.3) is 0 Å². The van der Waals surface area contributed by atoms with Gasteiger partial charge < -0.3 is 10.2 Å². The van der Waals surface area contributed by atoms with E-state index in [1.54, 1.807) is 30.5 Å². The summed E-state index contributed by atoms with van der Waals surface area (Å²) in [6.45, 7) is 3.97. The van der Waals surface area contributed by atoms with Crippen LogP contribution in [0.2, 0.25) is 5.02 Å². The van der Waals surface area contributed by atoms with Crippen LogP contribution >= 0.6 is 11.6 Å². The van der Waals surface area contributed by atoms with Crippen molar-refractivity contribution in [2.75, 3.05) is 19.4 Å². The lowest BCUT2D eigenvalue weighted by atomic mass is 9.91. The second kappa shape index (κ2) is 11.8. The molecule has 0 radical (unpaired) electrons. The van der Waals surface area contributed by atoms with Crippen molar-refractivity contribution in [1.29, 1.82) is 0 Å². The molecule has 3 heterocycles. The summed E-state index contributed by atoms with van der Waals surface area (Å²) in [7, 11) is 0.666. The van der Waals surface area contributed by atoms with Crippen molar-refractivity contribution in [1.82, 2.24) is 24.8 Å². The Balaban J connectivity index is 1.37. The third kappa shape index (κ3) is 6.11. The molecule has 1 fully saturated rings. The van der Waals surface area contributed by atoms with Crippen LogP contribution in [-0.4, -0.2) is 59.4 Å². The quantitative estimate of drug-likeness (QED) is 0.277. The average molecular weight is 579 g/mol. The first-order valence-electron chi connectivity index (χ1n) is 13.7. The fraction of sp³-hybridized carbons (Fsp3) is 0.400. The zero-order chi connectivity index (χ0) is 28.4. The van der Waals surface area contributed by atoms with E-state index in [9.17, 15) is 8.42 Å². The number of halogens is 1. The molecule has 1 N–H and O–H groups in total. The van der Waals surface area contributed by atoms with Gasteiger partial charge in [-0.25, -0.2) is 23.4 Å².